The molecule has 0 bridgehead atoms. The third-order valence-electron chi connectivity index (χ3n) is 4.32. The van der Waals surface area contributed by atoms with E-state index in [4.69, 9.17) is 10.2 Å². The molecule has 104 valence electrons. The van der Waals surface area contributed by atoms with Crippen molar-refractivity contribution >= 4 is 12.0 Å². The Morgan fingerprint density at radius 3 is 2.06 bits per heavy atom. The van der Waals surface area contributed by atoms with Gasteiger partial charge in [0.15, 0.2) is 0 Å². The lowest BCUT2D eigenvalue weighted by Crippen LogP contribution is -2.48. The lowest BCUT2D eigenvalue weighted by Gasteiger charge is -2.14. The van der Waals surface area contributed by atoms with Crippen LogP contribution in [-0.2, 0) is 4.79 Å². The first kappa shape index (κ1) is 14.8. The van der Waals surface area contributed by atoms with Gasteiger partial charge in [0.25, 0.3) is 0 Å². The smallest absolute Gasteiger partial charge is 0.326 e. The topological polar surface area (TPSA) is 98.7 Å². The maximum atomic E-state index is 11.7. The van der Waals surface area contributed by atoms with E-state index in [1.807, 2.05) is 0 Å². The molecule has 18 heavy (non-hydrogen) atoms. The van der Waals surface area contributed by atoms with Crippen molar-refractivity contribution in [3.05, 3.63) is 0 Å². The Kier molecular flexibility index (Phi) is 3.90. The van der Waals surface area contributed by atoms with Crippen LogP contribution in [0, 0.1) is 10.8 Å². The van der Waals surface area contributed by atoms with Gasteiger partial charge in [0.2, 0.25) is 0 Å². The molecule has 1 aliphatic carbocycles. The van der Waals surface area contributed by atoms with E-state index in [2.05, 4.69) is 38.3 Å². The van der Waals surface area contributed by atoms with Crippen LogP contribution in [0.4, 0.5) is 4.79 Å². The van der Waals surface area contributed by atoms with Crippen LogP contribution in [0.2, 0.25) is 0 Å². The summed E-state index contributed by atoms with van der Waals surface area (Å²) in [6, 6.07) is -1.53. The molecule has 4 N–H and O–H groups in total. The highest BCUT2D eigenvalue weighted by molar-refractivity contribution is 5.83. The molecular weight excluding hydrogens is 236 g/mol. The van der Waals surface area contributed by atoms with Crippen LogP contribution in [0.5, 0.6) is 0 Å². The Balaban J connectivity index is 2.50. The van der Waals surface area contributed by atoms with Gasteiger partial charge < -0.3 is 20.8 Å². The van der Waals surface area contributed by atoms with Crippen LogP contribution >= 0.6 is 0 Å². The van der Waals surface area contributed by atoms with Gasteiger partial charge in [-0.3, -0.25) is 0 Å². The molecule has 6 nitrogen and oxygen atoms in total. The molecule has 0 aromatic rings. The average Bonchev–Trinajstić information content (AvgIpc) is 2.60. The first-order valence-electron chi connectivity index (χ1n) is 6.05. The van der Waals surface area contributed by atoms with Crippen molar-refractivity contribution in [2.75, 3.05) is 6.61 Å². The molecule has 0 saturated heterocycles. The molecule has 1 saturated carbocycles. The second-order valence-corrected chi connectivity index (χ2v) is 5.90. The molecule has 2 amide bonds. The van der Waals surface area contributed by atoms with Crippen LogP contribution in [0.3, 0.4) is 0 Å². The number of amides is 2. The second kappa shape index (κ2) is 4.76. The summed E-state index contributed by atoms with van der Waals surface area (Å²) in [6.07, 6.45) is 0.000204. The number of aliphatic hydroxyl groups excluding tert-OH is 1. The minimum atomic E-state index is -1.14. The summed E-state index contributed by atoms with van der Waals surface area (Å²) in [5.74, 6) is -1.14. The van der Waals surface area contributed by atoms with E-state index >= 15 is 0 Å². The normalized spacial score (nSPS) is 22.1. The molecular formula is C12H22N2O4. The van der Waals surface area contributed by atoms with E-state index in [-0.39, 0.29) is 29.9 Å². The minimum absolute atomic E-state index is 0.0000385. The molecule has 0 heterocycles. The summed E-state index contributed by atoms with van der Waals surface area (Å²) >= 11 is 0. The van der Waals surface area contributed by atoms with Crippen molar-refractivity contribution in [2.24, 2.45) is 10.8 Å². The van der Waals surface area contributed by atoms with E-state index in [0.717, 1.165) is 0 Å². The molecule has 6 heteroatoms. The lowest BCUT2D eigenvalue weighted by molar-refractivity contribution is -0.139. The number of nitrogens with one attached hydrogen (secondary N) is 2. The van der Waals surface area contributed by atoms with Crippen molar-refractivity contribution in [1.82, 2.24) is 10.6 Å². The van der Waals surface area contributed by atoms with Gasteiger partial charge in [0.1, 0.15) is 6.04 Å². The van der Waals surface area contributed by atoms with Crippen LogP contribution in [0.15, 0.2) is 0 Å². The fourth-order valence-corrected chi connectivity index (χ4v) is 2.27. The molecule has 0 spiro atoms. The largest absolute Gasteiger partial charge is 0.480 e. The molecule has 0 aromatic heterocycles. The second-order valence-electron chi connectivity index (χ2n) is 5.90. The van der Waals surface area contributed by atoms with Gasteiger partial charge in [-0.2, -0.15) is 0 Å². The SMILES string of the molecule is CC1(C)C(NC(=O)N[C@H](CCO)C(=O)O)C1(C)C. The van der Waals surface area contributed by atoms with Gasteiger partial charge in [-0.15, -0.1) is 0 Å². The fourth-order valence-electron chi connectivity index (χ4n) is 2.27. The number of aliphatic hydroxyl groups is 1. The predicted molar refractivity (Wildman–Crippen MR) is 66.1 cm³/mol. The number of rotatable bonds is 5. The molecule has 0 unspecified atom stereocenters. The number of carboxylic acid groups (broad SMARTS) is 1. The number of carboxylic acids is 1. The highest BCUT2D eigenvalue weighted by Crippen LogP contribution is 2.62. The highest BCUT2D eigenvalue weighted by Gasteiger charge is 2.65. The standard InChI is InChI=1S/C12H22N2O4/c1-11(2)9(12(11,3)4)14-10(18)13-7(5-6-15)8(16)17/h7,9,15H,5-6H2,1-4H3,(H,16,17)(H2,13,14,18)/t7-/m1/s1. The Morgan fingerprint density at radius 1 is 1.22 bits per heavy atom. The van der Waals surface area contributed by atoms with Gasteiger partial charge in [-0.05, 0) is 10.8 Å². The molecule has 1 aliphatic rings. The Labute approximate surface area is 107 Å². The lowest BCUT2D eigenvalue weighted by atomic mass is 10.0. The zero-order chi connectivity index (χ0) is 14.1. The molecule has 0 aromatic carbocycles. The number of hydrogen-bond acceptors (Lipinski definition) is 3. The van der Waals surface area contributed by atoms with Crippen molar-refractivity contribution in [3.63, 3.8) is 0 Å². The van der Waals surface area contributed by atoms with Crippen molar-refractivity contribution in [2.45, 2.75) is 46.2 Å². The van der Waals surface area contributed by atoms with Crippen LogP contribution < -0.4 is 10.6 Å². The maximum absolute atomic E-state index is 11.7. The average molecular weight is 258 g/mol. The summed E-state index contributed by atoms with van der Waals surface area (Å²) in [4.78, 5) is 22.5. The van der Waals surface area contributed by atoms with Gasteiger partial charge in [-0.25, -0.2) is 9.59 Å². The van der Waals surface area contributed by atoms with Crippen LogP contribution in [0.25, 0.3) is 0 Å². The van der Waals surface area contributed by atoms with Crippen molar-refractivity contribution < 1.29 is 19.8 Å². The van der Waals surface area contributed by atoms with E-state index in [0.29, 0.717) is 0 Å². The van der Waals surface area contributed by atoms with E-state index in [1.54, 1.807) is 0 Å². The molecule has 1 atom stereocenters. The van der Waals surface area contributed by atoms with E-state index in [1.165, 1.54) is 0 Å². The third-order valence-corrected chi connectivity index (χ3v) is 4.32. The van der Waals surface area contributed by atoms with E-state index < -0.39 is 18.0 Å². The minimum Gasteiger partial charge on any atom is -0.480 e. The number of aliphatic carboxylic acids is 1. The van der Waals surface area contributed by atoms with E-state index in [9.17, 15) is 9.59 Å². The fraction of sp³-hybridized carbons (Fsp3) is 0.833. The van der Waals surface area contributed by atoms with Gasteiger partial charge in [0, 0.05) is 19.1 Å². The summed E-state index contributed by atoms with van der Waals surface area (Å²) in [6.45, 7) is 7.94. The summed E-state index contributed by atoms with van der Waals surface area (Å²) in [7, 11) is 0. The maximum Gasteiger partial charge on any atom is 0.326 e. The monoisotopic (exact) mass is 258 g/mol. The zero-order valence-electron chi connectivity index (χ0n) is 11.3. The summed E-state index contributed by atoms with van der Waals surface area (Å²) in [5, 5.41) is 22.7. The van der Waals surface area contributed by atoms with Crippen molar-refractivity contribution in [3.8, 4) is 0 Å². The Hall–Kier alpha value is -1.30. The molecule has 1 fully saturated rings. The summed E-state index contributed by atoms with van der Waals surface area (Å²) < 4.78 is 0. The Morgan fingerprint density at radius 2 is 1.72 bits per heavy atom. The first-order chi connectivity index (χ1) is 8.14. The van der Waals surface area contributed by atoms with Crippen LogP contribution in [0.1, 0.15) is 34.1 Å². The quantitative estimate of drug-likeness (QED) is 0.579. The Bertz CT molecular complexity index is 338. The number of urea groups is 1. The number of hydrogen-bond donors (Lipinski definition) is 4. The van der Waals surface area contributed by atoms with Crippen LogP contribution in [-0.4, -0.2) is 40.9 Å². The zero-order valence-corrected chi connectivity index (χ0v) is 11.3. The third kappa shape index (κ3) is 2.58. The number of carbonyl (C=O) groups excluding carboxylic acids is 1. The van der Waals surface area contributed by atoms with Gasteiger partial charge in [0.05, 0.1) is 0 Å². The first-order valence-corrected chi connectivity index (χ1v) is 6.05. The molecule has 0 aliphatic heterocycles. The predicted octanol–water partition coefficient (Wildman–Crippen LogP) is 0.556. The molecule has 0 radical (unpaired) electrons. The summed E-state index contributed by atoms with van der Waals surface area (Å²) in [5.41, 5.74) is 0.0000769. The van der Waals surface area contributed by atoms with Gasteiger partial charge >= 0.3 is 12.0 Å². The number of carbonyl (C=O) groups is 2. The van der Waals surface area contributed by atoms with Gasteiger partial charge in [-0.1, -0.05) is 27.7 Å². The molecule has 1 rings (SSSR count). The van der Waals surface area contributed by atoms with Crippen molar-refractivity contribution in [1.29, 1.82) is 0 Å². The highest BCUT2D eigenvalue weighted by atomic mass is 16.4.